The third kappa shape index (κ3) is 4.11. The average Bonchev–Trinajstić information content (AvgIpc) is 3.10. The van der Waals surface area contributed by atoms with Gasteiger partial charge >= 0.3 is 11.9 Å². The number of methoxy groups -OCH3 is 1. The van der Waals surface area contributed by atoms with Crippen LogP contribution in [0.1, 0.15) is 44.0 Å². The number of carbonyl (C=O) groups excluding carboxylic acids is 3. The number of esters is 2. The Morgan fingerprint density at radius 2 is 1.96 bits per heavy atom. The molecule has 1 aliphatic carbocycles. The first-order valence-electron chi connectivity index (χ1n) is 8.33. The van der Waals surface area contributed by atoms with Crippen LogP contribution in [0.2, 0.25) is 0 Å². The number of aryl methyl sites for hydroxylation is 1. The summed E-state index contributed by atoms with van der Waals surface area (Å²) < 4.78 is 9.79. The van der Waals surface area contributed by atoms with Crippen LogP contribution in [0, 0.1) is 0 Å². The van der Waals surface area contributed by atoms with Crippen LogP contribution in [0.15, 0.2) is 29.6 Å². The van der Waals surface area contributed by atoms with Crippen LogP contribution in [-0.2, 0) is 27.1 Å². The molecular formula is C19H19NO5S. The quantitative estimate of drug-likeness (QED) is 0.814. The smallest absolute Gasteiger partial charge is 0.339 e. The van der Waals surface area contributed by atoms with Crippen LogP contribution in [0.4, 0.5) is 5.69 Å². The third-order valence-electron chi connectivity index (χ3n) is 4.18. The second-order valence-electron chi connectivity index (χ2n) is 5.95. The van der Waals surface area contributed by atoms with E-state index in [4.69, 9.17) is 4.74 Å². The first-order valence-corrected chi connectivity index (χ1v) is 9.21. The highest BCUT2D eigenvalue weighted by molar-refractivity contribution is 7.10. The van der Waals surface area contributed by atoms with E-state index in [-0.39, 0.29) is 6.61 Å². The first kappa shape index (κ1) is 18.1. The third-order valence-corrected chi connectivity index (χ3v) is 5.27. The van der Waals surface area contributed by atoms with Gasteiger partial charge in [-0.15, -0.1) is 11.3 Å². The standard InChI is InChI=1S/C19H19NO5S/c1-24-18(22)12-5-4-6-13(9-12)20-17(21)10-25-19(23)15-11-26-16-8-3-2-7-14(15)16/h4-6,9,11H,2-3,7-8,10H2,1H3,(H,20,21). The minimum atomic E-state index is -0.491. The molecule has 1 N–H and O–H groups in total. The van der Waals surface area contributed by atoms with E-state index in [2.05, 4.69) is 10.1 Å². The van der Waals surface area contributed by atoms with Crippen molar-refractivity contribution in [3.63, 3.8) is 0 Å². The Bertz CT molecular complexity index is 842. The normalized spacial score (nSPS) is 12.8. The van der Waals surface area contributed by atoms with Crippen molar-refractivity contribution < 1.29 is 23.9 Å². The van der Waals surface area contributed by atoms with Gasteiger partial charge in [0.15, 0.2) is 6.61 Å². The van der Waals surface area contributed by atoms with Crippen molar-refractivity contribution in [3.8, 4) is 0 Å². The van der Waals surface area contributed by atoms with E-state index in [1.807, 2.05) is 5.38 Å². The molecule has 0 unspecified atom stereocenters. The van der Waals surface area contributed by atoms with Crippen LogP contribution in [0.3, 0.4) is 0 Å². The monoisotopic (exact) mass is 373 g/mol. The van der Waals surface area contributed by atoms with E-state index < -0.39 is 17.8 Å². The van der Waals surface area contributed by atoms with Gasteiger partial charge in [0.2, 0.25) is 0 Å². The fourth-order valence-electron chi connectivity index (χ4n) is 2.91. The number of carbonyl (C=O) groups is 3. The lowest BCUT2D eigenvalue weighted by Gasteiger charge is -2.12. The maximum atomic E-state index is 12.3. The predicted molar refractivity (Wildman–Crippen MR) is 97.7 cm³/mol. The maximum absolute atomic E-state index is 12.3. The number of nitrogens with one attached hydrogen (secondary N) is 1. The summed E-state index contributed by atoms with van der Waals surface area (Å²) in [6, 6.07) is 6.36. The molecule has 0 fully saturated rings. The molecule has 0 radical (unpaired) electrons. The molecule has 1 heterocycles. The Hall–Kier alpha value is -2.67. The Kier molecular flexibility index (Phi) is 5.68. The minimum Gasteiger partial charge on any atom is -0.465 e. The zero-order valence-electron chi connectivity index (χ0n) is 14.4. The van der Waals surface area contributed by atoms with E-state index in [0.29, 0.717) is 16.8 Å². The lowest BCUT2D eigenvalue weighted by atomic mass is 9.96. The van der Waals surface area contributed by atoms with E-state index in [9.17, 15) is 14.4 Å². The Labute approximate surface area is 155 Å². The number of benzene rings is 1. The number of amides is 1. The molecule has 3 rings (SSSR count). The molecule has 1 amide bonds. The highest BCUT2D eigenvalue weighted by Crippen LogP contribution is 2.30. The number of anilines is 1. The van der Waals surface area contributed by atoms with Crippen LogP contribution in [0.5, 0.6) is 0 Å². The SMILES string of the molecule is COC(=O)c1cccc(NC(=O)COC(=O)c2csc3c2CCCC3)c1. The molecule has 26 heavy (non-hydrogen) atoms. The van der Waals surface area contributed by atoms with Crippen LogP contribution < -0.4 is 5.32 Å². The van der Waals surface area contributed by atoms with Gasteiger partial charge < -0.3 is 14.8 Å². The summed E-state index contributed by atoms with van der Waals surface area (Å²) in [7, 11) is 1.29. The summed E-state index contributed by atoms with van der Waals surface area (Å²) in [6.07, 6.45) is 4.11. The number of thiophene rings is 1. The molecule has 1 aromatic carbocycles. The number of hydrogen-bond acceptors (Lipinski definition) is 6. The molecule has 6 nitrogen and oxygen atoms in total. The van der Waals surface area contributed by atoms with E-state index in [0.717, 1.165) is 31.2 Å². The summed E-state index contributed by atoms with van der Waals surface area (Å²) in [5, 5.41) is 4.42. The van der Waals surface area contributed by atoms with Crippen molar-refractivity contribution in [1.82, 2.24) is 0 Å². The number of fused-ring (bicyclic) bond motifs is 1. The van der Waals surface area contributed by atoms with Crippen LogP contribution in [-0.4, -0.2) is 31.6 Å². The summed E-state index contributed by atoms with van der Waals surface area (Å²) in [5.41, 5.74) is 2.40. The average molecular weight is 373 g/mol. The van der Waals surface area contributed by atoms with Crippen molar-refractivity contribution in [2.24, 2.45) is 0 Å². The van der Waals surface area contributed by atoms with Gasteiger partial charge in [-0.25, -0.2) is 9.59 Å². The Morgan fingerprint density at radius 3 is 2.77 bits per heavy atom. The zero-order chi connectivity index (χ0) is 18.5. The summed E-state index contributed by atoms with van der Waals surface area (Å²) in [4.78, 5) is 37.0. The van der Waals surface area contributed by atoms with Gasteiger partial charge in [0.25, 0.3) is 5.91 Å². The van der Waals surface area contributed by atoms with Crippen molar-refractivity contribution in [1.29, 1.82) is 0 Å². The molecule has 0 atom stereocenters. The largest absolute Gasteiger partial charge is 0.465 e. The summed E-state index contributed by atoms with van der Waals surface area (Å²) in [5.74, 6) is -1.43. The van der Waals surface area contributed by atoms with Crippen molar-refractivity contribution in [3.05, 3.63) is 51.2 Å². The molecule has 1 aliphatic rings. The van der Waals surface area contributed by atoms with Crippen molar-refractivity contribution >= 4 is 34.9 Å². The van der Waals surface area contributed by atoms with E-state index in [1.54, 1.807) is 29.5 Å². The molecule has 7 heteroatoms. The van der Waals surface area contributed by atoms with Crippen LogP contribution >= 0.6 is 11.3 Å². The highest BCUT2D eigenvalue weighted by Gasteiger charge is 2.21. The summed E-state index contributed by atoms with van der Waals surface area (Å²) in [6.45, 7) is -0.383. The van der Waals surface area contributed by atoms with Crippen molar-refractivity contribution in [2.45, 2.75) is 25.7 Å². The number of rotatable bonds is 5. The second kappa shape index (κ2) is 8.14. The minimum absolute atomic E-state index is 0.326. The zero-order valence-corrected chi connectivity index (χ0v) is 15.2. The second-order valence-corrected chi connectivity index (χ2v) is 6.92. The Morgan fingerprint density at radius 1 is 1.15 bits per heavy atom. The van der Waals surface area contributed by atoms with Gasteiger partial charge in [0.1, 0.15) is 0 Å². The lowest BCUT2D eigenvalue weighted by molar-refractivity contribution is -0.119. The fourth-order valence-corrected chi connectivity index (χ4v) is 4.03. The Balaban J connectivity index is 1.57. The lowest BCUT2D eigenvalue weighted by Crippen LogP contribution is -2.21. The summed E-state index contributed by atoms with van der Waals surface area (Å²) >= 11 is 1.58. The highest BCUT2D eigenvalue weighted by atomic mass is 32.1. The van der Waals surface area contributed by atoms with Gasteiger partial charge in [-0.1, -0.05) is 6.07 Å². The van der Waals surface area contributed by atoms with Crippen molar-refractivity contribution in [2.75, 3.05) is 19.0 Å². The maximum Gasteiger partial charge on any atom is 0.339 e. The topological polar surface area (TPSA) is 81.7 Å². The molecule has 2 aromatic rings. The first-order chi connectivity index (χ1) is 12.6. The predicted octanol–water partition coefficient (Wildman–Crippen LogP) is 3.21. The van der Waals surface area contributed by atoms with E-state index in [1.165, 1.54) is 18.1 Å². The molecule has 136 valence electrons. The molecule has 0 saturated heterocycles. The number of hydrogen-bond donors (Lipinski definition) is 1. The molecule has 0 saturated carbocycles. The van der Waals surface area contributed by atoms with Gasteiger partial charge in [-0.3, -0.25) is 4.79 Å². The van der Waals surface area contributed by atoms with Crippen LogP contribution in [0.25, 0.3) is 0 Å². The molecule has 0 bridgehead atoms. The molecular weight excluding hydrogens is 354 g/mol. The number of ether oxygens (including phenoxy) is 2. The van der Waals surface area contributed by atoms with Gasteiger partial charge in [-0.05, 0) is 49.4 Å². The molecule has 0 spiro atoms. The van der Waals surface area contributed by atoms with Gasteiger partial charge in [-0.2, -0.15) is 0 Å². The van der Waals surface area contributed by atoms with E-state index >= 15 is 0 Å². The molecule has 0 aliphatic heterocycles. The molecule has 1 aromatic heterocycles. The van der Waals surface area contributed by atoms with Gasteiger partial charge in [0.05, 0.1) is 18.2 Å². The van der Waals surface area contributed by atoms with Gasteiger partial charge in [0, 0.05) is 15.9 Å². The fraction of sp³-hybridized carbons (Fsp3) is 0.316.